The van der Waals surface area contributed by atoms with Gasteiger partial charge in [0.05, 0.1) is 6.04 Å². The number of benzene rings is 1. The first-order valence-corrected chi connectivity index (χ1v) is 9.72. The molecule has 4 amide bonds. The van der Waals surface area contributed by atoms with E-state index in [-0.39, 0.29) is 24.9 Å². The predicted molar refractivity (Wildman–Crippen MR) is 105 cm³/mol. The van der Waals surface area contributed by atoms with Gasteiger partial charge < -0.3 is 10.5 Å². The number of imide groups is 2. The fraction of sp³-hybridized carbons (Fsp3) is 0.550. The van der Waals surface area contributed by atoms with Crippen molar-refractivity contribution in [2.75, 3.05) is 13.2 Å². The molecule has 4 rings (SSSR count). The summed E-state index contributed by atoms with van der Waals surface area (Å²) >= 11 is 0. The SMILES string of the molecule is Cl.N[C@@H](c1ccc2c(c1)CC2)[C@@H](F)CC1C(=O)NC(=O)N(C2CCOCC2)C1=O. The van der Waals surface area contributed by atoms with Crippen molar-refractivity contribution in [3.8, 4) is 0 Å². The minimum Gasteiger partial charge on any atom is -0.381 e. The van der Waals surface area contributed by atoms with E-state index in [1.54, 1.807) is 6.07 Å². The maximum Gasteiger partial charge on any atom is 0.331 e. The van der Waals surface area contributed by atoms with Crippen LogP contribution in [0.3, 0.4) is 0 Å². The van der Waals surface area contributed by atoms with Crippen molar-refractivity contribution < 1.29 is 23.5 Å². The minimum atomic E-state index is -1.58. The summed E-state index contributed by atoms with van der Waals surface area (Å²) in [6.45, 7) is 0.880. The van der Waals surface area contributed by atoms with Gasteiger partial charge in [0.2, 0.25) is 11.8 Å². The molecule has 9 heteroatoms. The molecule has 0 aromatic heterocycles. The van der Waals surface area contributed by atoms with Gasteiger partial charge in [-0.1, -0.05) is 18.2 Å². The number of rotatable bonds is 5. The maximum absolute atomic E-state index is 14.9. The number of fused-ring (bicyclic) bond motifs is 1. The molecular weight excluding hydrogens is 401 g/mol. The van der Waals surface area contributed by atoms with Gasteiger partial charge in [0.15, 0.2) is 0 Å². The quantitative estimate of drug-likeness (QED) is 0.700. The highest BCUT2D eigenvalue weighted by Crippen LogP contribution is 2.30. The van der Waals surface area contributed by atoms with Gasteiger partial charge in [0, 0.05) is 25.7 Å². The summed E-state index contributed by atoms with van der Waals surface area (Å²) in [5, 5.41) is 2.20. The lowest BCUT2D eigenvalue weighted by molar-refractivity contribution is -0.146. The Hall–Kier alpha value is -2.03. The van der Waals surface area contributed by atoms with Gasteiger partial charge in [-0.15, -0.1) is 12.4 Å². The Morgan fingerprint density at radius 1 is 1.17 bits per heavy atom. The third kappa shape index (κ3) is 4.15. The van der Waals surface area contributed by atoms with Gasteiger partial charge in [-0.05, 0) is 42.4 Å². The first kappa shape index (κ1) is 21.7. The van der Waals surface area contributed by atoms with E-state index in [1.165, 1.54) is 11.1 Å². The molecule has 158 valence electrons. The van der Waals surface area contributed by atoms with Crippen LogP contribution in [0.15, 0.2) is 18.2 Å². The fourth-order valence-corrected chi connectivity index (χ4v) is 4.13. The van der Waals surface area contributed by atoms with Crippen molar-refractivity contribution in [3.05, 3.63) is 34.9 Å². The molecule has 1 aromatic rings. The summed E-state index contributed by atoms with van der Waals surface area (Å²) in [6.07, 6.45) is 1.06. The number of nitrogens with zero attached hydrogens (tertiary/aromatic N) is 1. The van der Waals surface area contributed by atoms with Gasteiger partial charge in [-0.3, -0.25) is 19.8 Å². The Morgan fingerprint density at radius 2 is 1.86 bits per heavy atom. The van der Waals surface area contributed by atoms with E-state index >= 15 is 0 Å². The summed E-state index contributed by atoms with van der Waals surface area (Å²) in [4.78, 5) is 38.3. The average molecular weight is 426 g/mol. The van der Waals surface area contributed by atoms with Crippen molar-refractivity contribution in [1.29, 1.82) is 0 Å². The Morgan fingerprint density at radius 3 is 2.48 bits per heavy atom. The lowest BCUT2D eigenvalue weighted by atomic mass is 9.84. The normalized spacial score (nSPS) is 24.1. The van der Waals surface area contributed by atoms with Crippen molar-refractivity contribution in [2.45, 2.75) is 50.4 Å². The molecule has 0 saturated carbocycles. The van der Waals surface area contributed by atoms with Crippen molar-refractivity contribution in [2.24, 2.45) is 11.7 Å². The molecule has 0 bridgehead atoms. The van der Waals surface area contributed by atoms with Crippen LogP contribution in [0.1, 0.15) is 42.0 Å². The predicted octanol–water partition coefficient (Wildman–Crippen LogP) is 1.81. The number of nitrogens with two attached hydrogens (primary N) is 1. The van der Waals surface area contributed by atoms with Crippen LogP contribution in [0, 0.1) is 5.92 Å². The lowest BCUT2D eigenvalue weighted by Crippen LogP contribution is -2.62. The summed E-state index contributed by atoms with van der Waals surface area (Å²) in [5.74, 6) is -2.66. The van der Waals surface area contributed by atoms with E-state index < -0.39 is 36.0 Å². The van der Waals surface area contributed by atoms with Gasteiger partial charge in [0.25, 0.3) is 0 Å². The first-order valence-electron chi connectivity index (χ1n) is 9.72. The Balaban J connectivity index is 0.00000240. The van der Waals surface area contributed by atoms with E-state index in [1.807, 2.05) is 12.1 Å². The number of hydrogen-bond donors (Lipinski definition) is 2. The maximum atomic E-state index is 14.9. The standard InChI is InChI=1S/C20H24FN3O4.ClH/c21-16(17(22)13-4-2-11-1-3-12(11)9-13)10-15-18(25)23-20(27)24(19(15)26)14-5-7-28-8-6-14;/h2,4,9,14-17H,1,3,5-8,10,22H2,(H,23,25,27);1H/t15?,16-,17-;/m0./s1. The molecule has 2 saturated heterocycles. The smallest absolute Gasteiger partial charge is 0.331 e. The fourth-order valence-electron chi connectivity index (χ4n) is 4.13. The Bertz CT molecular complexity index is 815. The minimum absolute atomic E-state index is 0. The highest BCUT2D eigenvalue weighted by Gasteiger charge is 2.45. The summed E-state index contributed by atoms with van der Waals surface area (Å²) in [7, 11) is 0. The third-order valence-electron chi connectivity index (χ3n) is 5.99. The van der Waals surface area contributed by atoms with Crippen molar-refractivity contribution in [1.82, 2.24) is 10.2 Å². The molecule has 2 fully saturated rings. The molecule has 2 heterocycles. The van der Waals surface area contributed by atoms with Gasteiger partial charge in [-0.25, -0.2) is 9.18 Å². The van der Waals surface area contributed by atoms with E-state index in [0.717, 1.165) is 17.7 Å². The highest BCUT2D eigenvalue weighted by molar-refractivity contribution is 6.16. The number of amides is 4. The molecule has 1 aliphatic carbocycles. The van der Waals surface area contributed by atoms with E-state index in [2.05, 4.69) is 5.32 Å². The van der Waals surface area contributed by atoms with Crippen molar-refractivity contribution in [3.63, 3.8) is 0 Å². The molecule has 0 radical (unpaired) electrons. The molecule has 7 nitrogen and oxygen atoms in total. The second-order valence-corrected chi connectivity index (χ2v) is 7.70. The van der Waals surface area contributed by atoms with E-state index in [4.69, 9.17) is 10.5 Å². The van der Waals surface area contributed by atoms with Crippen LogP contribution < -0.4 is 11.1 Å². The van der Waals surface area contributed by atoms with Gasteiger partial charge in [-0.2, -0.15) is 0 Å². The molecule has 3 N–H and O–H groups in total. The van der Waals surface area contributed by atoms with Crippen LogP contribution in [-0.4, -0.2) is 48.2 Å². The number of alkyl halides is 1. The second-order valence-electron chi connectivity index (χ2n) is 7.70. The third-order valence-corrected chi connectivity index (χ3v) is 5.99. The number of ether oxygens (including phenoxy) is 1. The number of barbiturate groups is 1. The Kier molecular flexibility index (Phi) is 6.55. The number of urea groups is 1. The molecule has 1 aromatic carbocycles. The van der Waals surface area contributed by atoms with Crippen LogP contribution in [0.2, 0.25) is 0 Å². The van der Waals surface area contributed by atoms with E-state index in [9.17, 15) is 18.8 Å². The molecular formula is C20H25ClFN3O4. The number of hydrogen-bond acceptors (Lipinski definition) is 5. The first-order chi connectivity index (χ1) is 13.5. The number of carbonyl (C=O) groups excluding carboxylic acids is 3. The van der Waals surface area contributed by atoms with Crippen LogP contribution in [0.4, 0.5) is 9.18 Å². The molecule has 29 heavy (non-hydrogen) atoms. The van der Waals surface area contributed by atoms with Crippen LogP contribution in [0.25, 0.3) is 0 Å². The molecule has 3 aliphatic rings. The van der Waals surface area contributed by atoms with Crippen LogP contribution >= 0.6 is 12.4 Å². The number of nitrogens with one attached hydrogen (secondary N) is 1. The number of aryl methyl sites for hydroxylation is 2. The van der Waals surface area contributed by atoms with Crippen LogP contribution in [-0.2, 0) is 27.2 Å². The average Bonchev–Trinajstić information content (AvgIpc) is 2.66. The zero-order valence-corrected chi connectivity index (χ0v) is 16.8. The largest absolute Gasteiger partial charge is 0.381 e. The highest BCUT2D eigenvalue weighted by atomic mass is 35.5. The second kappa shape index (κ2) is 8.77. The zero-order chi connectivity index (χ0) is 19.8. The topological polar surface area (TPSA) is 102 Å². The monoisotopic (exact) mass is 425 g/mol. The van der Waals surface area contributed by atoms with Crippen LogP contribution in [0.5, 0.6) is 0 Å². The summed E-state index contributed by atoms with van der Waals surface area (Å²) < 4.78 is 20.2. The number of carbonyl (C=O) groups is 3. The van der Waals surface area contributed by atoms with E-state index in [0.29, 0.717) is 31.6 Å². The Labute approximate surface area is 174 Å². The molecule has 2 aliphatic heterocycles. The van der Waals surface area contributed by atoms with Gasteiger partial charge >= 0.3 is 6.03 Å². The number of halogens is 2. The summed E-state index contributed by atoms with van der Waals surface area (Å²) in [6, 6.07) is 3.65. The molecule has 0 spiro atoms. The molecule has 3 atom stereocenters. The molecule has 1 unspecified atom stereocenters. The lowest BCUT2D eigenvalue weighted by Gasteiger charge is -2.37. The van der Waals surface area contributed by atoms with Crippen molar-refractivity contribution >= 4 is 30.3 Å². The summed E-state index contributed by atoms with van der Waals surface area (Å²) in [5.41, 5.74) is 9.16. The van der Waals surface area contributed by atoms with Gasteiger partial charge in [0.1, 0.15) is 12.1 Å². The zero-order valence-electron chi connectivity index (χ0n) is 15.9.